The second-order valence-electron chi connectivity index (χ2n) is 10.4. The normalized spacial score (nSPS) is 15.5. The molecule has 0 bridgehead atoms. The zero-order valence-electron chi connectivity index (χ0n) is 23.9. The second-order valence-corrected chi connectivity index (χ2v) is 16.0. The van der Waals surface area contributed by atoms with Crippen LogP contribution in [0, 0.1) is 17.8 Å². The third-order valence-electron chi connectivity index (χ3n) is 6.30. The number of nitrogens with zero attached hydrogens (tertiary/aromatic N) is 1. The number of carbonyl (C=O) groups is 2. The van der Waals surface area contributed by atoms with Crippen LogP contribution in [0.5, 0.6) is 0 Å². The monoisotopic (exact) mass is 545 g/mol. The van der Waals surface area contributed by atoms with Gasteiger partial charge in [0.15, 0.2) is 0 Å². The molecule has 0 saturated carbocycles. The standard InChI is InChI=1S/C32H39NO5Si/c1-7-36-23-33-24(3)28(31(34)37-8-2)27(20-19-25-15-11-9-12-16-25)29(30(33)26-17-13-10-14-18-26)32(35)38-21-22-39(4,5)6/h9-18,27H,7-8,21-23H2,1-6H3. The van der Waals surface area contributed by atoms with Crippen molar-refractivity contribution in [3.63, 3.8) is 0 Å². The van der Waals surface area contributed by atoms with E-state index >= 15 is 0 Å². The van der Waals surface area contributed by atoms with Gasteiger partial charge in [-0.05, 0) is 44.5 Å². The molecule has 1 aliphatic rings. The molecule has 0 aromatic heterocycles. The molecule has 1 atom stereocenters. The SMILES string of the molecule is CCOCN1C(C)=C(C(=O)OCC)C(C#Cc2ccccc2)C(C(=O)OCC[Si](C)(C)C)=C1c1ccccc1. The summed E-state index contributed by atoms with van der Waals surface area (Å²) >= 11 is 0. The number of benzene rings is 2. The Kier molecular flexibility index (Phi) is 10.7. The molecular weight excluding hydrogens is 506 g/mol. The highest BCUT2D eigenvalue weighted by molar-refractivity contribution is 6.76. The lowest BCUT2D eigenvalue weighted by atomic mass is 9.83. The molecular formula is C32H39NO5Si. The molecule has 0 radical (unpaired) electrons. The first-order chi connectivity index (χ1) is 18.7. The summed E-state index contributed by atoms with van der Waals surface area (Å²) in [5.41, 5.74) is 3.48. The van der Waals surface area contributed by atoms with Gasteiger partial charge in [0.1, 0.15) is 6.73 Å². The molecule has 2 aromatic carbocycles. The van der Waals surface area contributed by atoms with E-state index in [9.17, 15) is 9.59 Å². The number of esters is 2. The third-order valence-corrected chi connectivity index (χ3v) is 8.01. The van der Waals surface area contributed by atoms with Gasteiger partial charge < -0.3 is 19.1 Å². The molecule has 0 spiro atoms. The molecule has 0 N–H and O–H groups in total. The number of ether oxygens (including phenoxy) is 3. The van der Waals surface area contributed by atoms with Crippen LogP contribution in [0.2, 0.25) is 25.7 Å². The Morgan fingerprint density at radius 1 is 0.872 bits per heavy atom. The molecule has 1 aliphatic heterocycles. The first kappa shape index (κ1) is 29.9. The molecule has 1 unspecified atom stereocenters. The van der Waals surface area contributed by atoms with Gasteiger partial charge in [-0.3, -0.25) is 0 Å². The van der Waals surface area contributed by atoms with Crippen LogP contribution in [0.4, 0.5) is 0 Å². The highest BCUT2D eigenvalue weighted by Crippen LogP contribution is 2.41. The van der Waals surface area contributed by atoms with Crippen LogP contribution < -0.4 is 0 Å². The molecule has 1 heterocycles. The van der Waals surface area contributed by atoms with Crippen molar-refractivity contribution in [3.05, 3.63) is 88.6 Å². The molecule has 6 nitrogen and oxygen atoms in total. The summed E-state index contributed by atoms with van der Waals surface area (Å²) in [6, 6.07) is 20.0. The zero-order valence-corrected chi connectivity index (χ0v) is 24.9. The summed E-state index contributed by atoms with van der Waals surface area (Å²) in [6.07, 6.45) is 0. The quantitative estimate of drug-likeness (QED) is 0.204. The van der Waals surface area contributed by atoms with Gasteiger partial charge in [0.05, 0.1) is 36.0 Å². The van der Waals surface area contributed by atoms with Crippen molar-refractivity contribution < 1.29 is 23.8 Å². The molecule has 0 fully saturated rings. The summed E-state index contributed by atoms with van der Waals surface area (Å²) in [4.78, 5) is 29.3. The van der Waals surface area contributed by atoms with E-state index in [1.165, 1.54) is 0 Å². The van der Waals surface area contributed by atoms with Gasteiger partial charge >= 0.3 is 11.9 Å². The predicted octanol–water partition coefficient (Wildman–Crippen LogP) is 6.09. The van der Waals surface area contributed by atoms with Gasteiger partial charge in [-0.15, -0.1) is 0 Å². The molecule has 206 valence electrons. The van der Waals surface area contributed by atoms with Gasteiger partial charge in [-0.2, -0.15) is 0 Å². The van der Waals surface area contributed by atoms with Gasteiger partial charge in [-0.25, -0.2) is 9.59 Å². The van der Waals surface area contributed by atoms with Crippen molar-refractivity contribution >= 4 is 25.7 Å². The Balaban J connectivity index is 2.27. The Bertz CT molecular complexity index is 1270. The summed E-state index contributed by atoms with van der Waals surface area (Å²) in [6.45, 7) is 13.3. The second kappa shape index (κ2) is 14.0. The average Bonchev–Trinajstić information content (AvgIpc) is 2.91. The third kappa shape index (κ3) is 7.95. The fourth-order valence-corrected chi connectivity index (χ4v) is 4.95. The Morgan fingerprint density at radius 2 is 1.49 bits per heavy atom. The minimum Gasteiger partial charge on any atom is -0.463 e. The van der Waals surface area contributed by atoms with Crippen LogP contribution >= 0.6 is 0 Å². The lowest BCUT2D eigenvalue weighted by Crippen LogP contribution is -2.37. The van der Waals surface area contributed by atoms with Gasteiger partial charge in [0.2, 0.25) is 0 Å². The van der Waals surface area contributed by atoms with E-state index in [2.05, 4.69) is 31.5 Å². The fraction of sp³-hybridized carbons (Fsp3) is 0.375. The van der Waals surface area contributed by atoms with Crippen LogP contribution in [0.1, 0.15) is 31.9 Å². The molecule has 0 amide bonds. The van der Waals surface area contributed by atoms with E-state index in [-0.39, 0.29) is 13.3 Å². The van der Waals surface area contributed by atoms with Crippen molar-refractivity contribution in [1.82, 2.24) is 4.90 Å². The maximum atomic E-state index is 14.0. The lowest BCUT2D eigenvalue weighted by Gasteiger charge is -2.37. The van der Waals surface area contributed by atoms with Crippen molar-refractivity contribution in [2.75, 3.05) is 26.6 Å². The number of hydrogen-bond donors (Lipinski definition) is 0. The van der Waals surface area contributed by atoms with Crippen LogP contribution in [-0.2, 0) is 23.8 Å². The van der Waals surface area contributed by atoms with Crippen molar-refractivity contribution in [2.45, 2.75) is 46.5 Å². The van der Waals surface area contributed by atoms with E-state index in [0.29, 0.717) is 35.8 Å². The topological polar surface area (TPSA) is 65.1 Å². The van der Waals surface area contributed by atoms with Gasteiger partial charge in [0, 0.05) is 25.9 Å². The van der Waals surface area contributed by atoms with E-state index in [4.69, 9.17) is 14.2 Å². The Hall–Kier alpha value is -3.60. The summed E-state index contributed by atoms with van der Waals surface area (Å²) in [5.74, 6) is 4.57. The van der Waals surface area contributed by atoms with Gasteiger partial charge in [0.25, 0.3) is 0 Å². The highest BCUT2D eigenvalue weighted by atomic mass is 28.3. The van der Waals surface area contributed by atoms with Crippen molar-refractivity contribution in [1.29, 1.82) is 0 Å². The Labute approximate surface area is 233 Å². The fourth-order valence-electron chi connectivity index (χ4n) is 4.24. The summed E-state index contributed by atoms with van der Waals surface area (Å²) in [5, 5.41) is 0. The average molecular weight is 546 g/mol. The molecule has 2 aromatic rings. The van der Waals surface area contributed by atoms with Gasteiger partial charge in [-0.1, -0.05) is 80.0 Å². The smallest absolute Gasteiger partial charge is 0.337 e. The van der Waals surface area contributed by atoms with Crippen LogP contribution in [0.25, 0.3) is 5.70 Å². The number of carbonyl (C=O) groups excluding carboxylic acids is 2. The van der Waals surface area contributed by atoms with Crippen LogP contribution in [-0.4, -0.2) is 51.5 Å². The number of rotatable bonds is 10. The molecule has 3 rings (SSSR count). The van der Waals surface area contributed by atoms with E-state index in [1.54, 1.807) is 6.92 Å². The maximum Gasteiger partial charge on any atom is 0.337 e. The first-order valence-electron chi connectivity index (χ1n) is 13.4. The molecule has 7 heteroatoms. The number of allylic oxidation sites excluding steroid dienone is 1. The summed E-state index contributed by atoms with van der Waals surface area (Å²) in [7, 11) is -1.45. The lowest BCUT2D eigenvalue weighted by molar-refractivity contribution is -0.139. The number of hydrogen-bond acceptors (Lipinski definition) is 6. The van der Waals surface area contributed by atoms with Crippen molar-refractivity contribution in [3.8, 4) is 11.8 Å². The van der Waals surface area contributed by atoms with Crippen LogP contribution in [0.3, 0.4) is 0 Å². The highest BCUT2D eigenvalue weighted by Gasteiger charge is 2.41. The van der Waals surface area contributed by atoms with E-state index < -0.39 is 25.9 Å². The summed E-state index contributed by atoms with van der Waals surface area (Å²) < 4.78 is 17.2. The van der Waals surface area contributed by atoms with E-state index in [1.807, 2.05) is 79.4 Å². The zero-order chi connectivity index (χ0) is 28.4. The Morgan fingerprint density at radius 3 is 2.08 bits per heavy atom. The molecule has 39 heavy (non-hydrogen) atoms. The molecule has 0 saturated heterocycles. The maximum absolute atomic E-state index is 14.0. The first-order valence-corrected chi connectivity index (χ1v) is 17.1. The largest absolute Gasteiger partial charge is 0.463 e. The minimum absolute atomic E-state index is 0.153. The predicted molar refractivity (Wildman–Crippen MR) is 157 cm³/mol. The minimum atomic E-state index is -1.45. The van der Waals surface area contributed by atoms with Crippen LogP contribution in [0.15, 0.2) is 77.5 Å². The van der Waals surface area contributed by atoms with Crippen molar-refractivity contribution in [2.24, 2.45) is 5.92 Å². The van der Waals surface area contributed by atoms with E-state index in [0.717, 1.165) is 17.2 Å². The molecule has 0 aliphatic carbocycles.